The standard InChI is InChI=1S/C24H28N4O5/c1-6-31-21(29)24(5,33-22(30)28-12-11-25-16-28)18-7-9-19(10-8-18)32-15-17-13-26-20(27-14-17)23(2,3)4/h7-14,16H,6,15H2,1-5H3. The smallest absolute Gasteiger partial charge is 0.420 e. The van der Waals surface area contributed by atoms with Crippen LogP contribution in [0.1, 0.15) is 51.6 Å². The third-order valence-corrected chi connectivity index (χ3v) is 4.86. The number of carbonyl (C=O) groups is 2. The predicted octanol–water partition coefficient (Wildman–Crippen LogP) is 4.01. The van der Waals surface area contributed by atoms with Crippen LogP contribution >= 0.6 is 0 Å². The molecule has 0 aliphatic heterocycles. The predicted molar refractivity (Wildman–Crippen MR) is 120 cm³/mol. The summed E-state index contributed by atoms with van der Waals surface area (Å²) in [5, 5.41) is 0. The lowest BCUT2D eigenvalue weighted by atomic mass is 9.95. The number of imidazole rings is 1. The van der Waals surface area contributed by atoms with E-state index in [1.165, 1.54) is 25.6 Å². The fraction of sp³-hybridized carbons (Fsp3) is 0.375. The molecule has 3 aromatic rings. The van der Waals surface area contributed by atoms with E-state index in [0.29, 0.717) is 11.3 Å². The highest BCUT2D eigenvalue weighted by molar-refractivity contribution is 5.84. The summed E-state index contributed by atoms with van der Waals surface area (Å²) >= 11 is 0. The minimum absolute atomic E-state index is 0.123. The largest absolute Gasteiger partial charge is 0.489 e. The Hall–Kier alpha value is -3.75. The van der Waals surface area contributed by atoms with Crippen molar-refractivity contribution in [2.75, 3.05) is 6.61 Å². The summed E-state index contributed by atoms with van der Waals surface area (Å²) < 4.78 is 17.7. The molecule has 1 aromatic carbocycles. The summed E-state index contributed by atoms with van der Waals surface area (Å²) in [7, 11) is 0. The van der Waals surface area contributed by atoms with Crippen molar-refractivity contribution in [2.24, 2.45) is 0 Å². The number of rotatable bonds is 7. The second kappa shape index (κ2) is 9.81. The zero-order chi connectivity index (χ0) is 24.1. The van der Waals surface area contributed by atoms with Crippen molar-refractivity contribution in [1.82, 2.24) is 19.5 Å². The van der Waals surface area contributed by atoms with Gasteiger partial charge in [-0.1, -0.05) is 32.9 Å². The Morgan fingerprint density at radius 2 is 1.70 bits per heavy atom. The number of aromatic nitrogens is 4. The molecule has 2 aromatic heterocycles. The Morgan fingerprint density at radius 1 is 1.03 bits per heavy atom. The topological polar surface area (TPSA) is 105 Å². The van der Waals surface area contributed by atoms with Crippen LogP contribution in [0.5, 0.6) is 5.75 Å². The maximum Gasteiger partial charge on any atom is 0.420 e. The summed E-state index contributed by atoms with van der Waals surface area (Å²) in [6, 6.07) is 6.71. The normalized spacial score (nSPS) is 13.1. The van der Waals surface area contributed by atoms with Crippen LogP contribution in [-0.2, 0) is 31.9 Å². The molecule has 0 aliphatic carbocycles. The van der Waals surface area contributed by atoms with Gasteiger partial charge < -0.3 is 14.2 Å². The van der Waals surface area contributed by atoms with Crippen LogP contribution in [-0.4, -0.2) is 38.2 Å². The van der Waals surface area contributed by atoms with Crippen LogP contribution in [0.2, 0.25) is 0 Å². The van der Waals surface area contributed by atoms with Crippen LogP contribution in [0.15, 0.2) is 55.4 Å². The second-order valence-corrected chi connectivity index (χ2v) is 8.57. The van der Waals surface area contributed by atoms with Crippen molar-refractivity contribution in [2.45, 2.75) is 52.2 Å². The Balaban J connectivity index is 1.73. The Morgan fingerprint density at radius 3 is 2.24 bits per heavy atom. The zero-order valence-electron chi connectivity index (χ0n) is 19.4. The average molecular weight is 453 g/mol. The monoisotopic (exact) mass is 452 g/mol. The lowest BCUT2D eigenvalue weighted by Crippen LogP contribution is -2.40. The van der Waals surface area contributed by atoms with Gasteiger partial charge in [0, 0.05) is 41.3 Å². The first-order chi connectivity index (χ1) is 15.6. The molecule has 0 spiro atoms. The SMILES string of the molecule is CCOC(=O)C(C)(OC(=O)n1ccnc1)c1ccc(OCc2cnc(C(C)(C)C)nc2)cc1. The molecule has 0 radical (unpaired) electrons. The van der Waals surface area contributed by atoms with Gasteiger partial charge in [-0.2, -0.15) is 0 Å². The number of nitrogens with zero attached hydrogens (tertiary/aromatic N) is 4. The molecule has 1 unspecified atom stereocenters. The molecule has 0 saturated heterocycles. The molecule has 174 valence electrons. The summed E-state index contributed by atoms with van der Waals surface area (Å²) in [6.07, 6.45) is 6.91. The molecule has 0 aliphatic rings. The quantitative estimate of drug-likeness (QED) is 0.495. The number of hydrogen-bond donors (Lipinski definition) is 0. The van der Waals surface area contributed by atoms with Crippen molar-refractivity contribution in [1.29, 1.82) is 0 Å². The van der Waals surface area contributed by atoms with Gasteiger partial charge in [0.1, 0.15) is 24.5 Å². The number of hydrogen-bond acceptors (Lipinski definition) is 8. The van der Waals surface area contributed by atoms with Crippen molar-refractivity contribution in [3.63, 3.8) is 0 Å². The van der Waals surface area contributed by atoms with Crippen molar-refractivity contribution >= 4 is 12.1 Å². The van der Waals surface area contributed by atoms with Crippen LogP contribution in [0.4, 0.5) is 4.79 Å². The molecule has 9 heteroatoms. The van der Waals surface area contributed by atoms with Crippen molar-refractivity contribution < 1.29 is 23.8 Å². The van der Waals surface area contributed by atoms with E-state index in [1.807, 2.05) is 0 Å². The average Bonchev–Trinajstić information content (AvgIpc) is 3.33. The van der Waals surface area contributed by atoms with Crippen LogP contribution < -0.4 is 4.74 Å². The third-order valence-electron chi connectivity index (χ3n) is 4.86. The fourth-order valence-electron chi connectivity index (χ4n) is 2.93. The molecule has 0 amide bonds. The first-order valence-electron chi connectivity index (χ1n) is 10.6. The Kier molecular flexibility index (Phi) is 7.10. The number of ether oxygens (including phenoxy) is 3. The van der Waals surface area contributed by atoms with Gasteiger partial charge in [-0.15, -0.1) is 0 Å². The van der Waals surface area contributed by atoms with E-state index in [1.54, 1.807) is 43.6 Å². The molecule has 0 fully saturated rings. The molecule has 9 nitrogen and oxygen atoms in total. The van der Waals surface area contributed by atoms with E-state index in [9.17, 15) is 9.59 Å². The van der Waals surface area contributed by atoms with Gasteiger partial charge in [-0.3, -0.25) is 0 Å². The minimum atomic E-state index is -1.65. The van der Waals surface area contributed by atoms with Gasteiger partial charge in [-0.25, -0.2) is 29.1 Å². The van der Waals surface area contributed by atoms with E-state index in [0.717, 1.165) is 16.0 Å². The minimum Gasteiger partial charge on any atom is -0.489 e. The van der Waals surface area contributed by atoms with E-state index in [4.69, 9.17) is 14.2 Å². The second-order valence-electron chi connectivity index (χ2n) is 8.57. The maximum atomic E-state index is 12.7. The van der Waals surface area contributed by atoms with E-state index in [-0.39, 0.29) is 18.6 Å². The summed E-state index contributed by atoms with van der Waals surface area (Å²) in [6.45, 7) is 9.77. The molecular weight excluding hydrogens is 424 g/mol. The Labute approximate surface area is 192 Å². The van der Waals surface area contributed by atoms with Gasteiger partial charge in [0.05, 0.1) is 6.61 Å². The highest BCUT2D eigenvalue weighted by Crippen LogP contribution is 2.30. The molecule has 1 atom stereocenters. The fourth-order valence-corrected chi connectivity index (χ4v) is 2.93. The maximum absolute atomic E-state index is 12.7. The van der Waals surface area contributed by atoms with Crippen LogP contribution in [0, 0.1) is 0 Å². The van der Waals surface area contributed by atoms with Crippen molar-refractivity contribution in [3.8, 4) is 5.75 Å². The Bertz CT molecular complexity index is 1070. The van der Waals surface area contributed by atoms with Crippen LogP contribution in [0.25, 0.3) is 0 Å². The third kappa shape index (κ3) is 5.74. The number of carbonyl (C=O) groups excluding carboxylic acids is 2. The van der Waals surface area contributed by atoms with Gasteiger partial charge in [0.25, 0.3) is 0 Å². The number of benzene rings is 1. The lowest BCUT2D eigenvalue weighted by Gasteiger charge is -2.27. The molecule has 0 N–H and O–H groups in total. The molecule has 33 heavy (non-hydrogen) atoms. The molecule has 3 rings (SSSR count). The van der Waals surface area contributed by atoms with Crippen LogP contribution in [0.3, 0.4) is 0 Å². The van der Waals surface area contributed by atoms with E-state index >= 15 is 0 Å². The van der Waals surface area contributed by atoms with Crippen molar-refractivity contribution in [3.05, 3.63) is 72.3 Å². The summed E-state index contributed by atoms with van der Waals surface area (Å²) in [5.74, 6) is 0.660. The first kappa shape index (κ1) is 23.9. The zero-order valence-corrected chi connectivity index (χ0v) is 19.4. The lowest BCUT2D eigenvalue weighted by molar-refractivity contribution is -0.164. The van der Waals surface area contributed by atoms with Gasteiger partial charge in [-0.05, 0) is 26.0 Å². The van der Waals surface area contributed by atoms with Gasteiger partial charge >= 0.3 is 12.1 Å². The molecule has 2 heterocycles. The van der Waals surface area contributed by atoms with E-state index in [2.05, 4.69) is 35.7 Å². The summed E-state index contributed by atoms with van der Waals surface area (Å²) in [5.41, 5.74) is -0.494. The first-order valence-corrected chi connectivity index (χ1v) is 10.6. The molecular formula is C24H28N4O5. The highest BCUT2D eigenvalue weighted by atomic mass is 16.6. The molecule has 0 saturated carbocycles. The highest BCUT2D eigenvalue weighted by Gasteiger charge is 2.41. The van der Waals surface area contributed by atoms with Gasteiger partial charge in [0.15, 0.2) is 0 Å². The summed E-state index contributed by atoms with van der Waals surface area (Å²) in [4.78, 5) is 37.8. The van der Waals surface area contributed by atoms with Gasteiger partial charge in [0.2, 0.25) is 5.60 Å². The number of esters is 1. The molecule has 0 bridgehead atoms. The van der Waals surface area contributed by atoms with E-state index < -0.39 is 17.7 Å².